The molecule has 1 aromatic carbocycles. The van der Waals surface area contributed by atoms with Gasteiger partial charge >= 0.3 is 0 Å². The molecule has 7 nitrogen and oxygen atoms in total. The number of nitrogens with one attached hydrogen (secondary N) is 1. The number of rotatable bonds is 10. The molecule has 0 spiro atoms. The fourth-order valence-corrected chi connectivity index (χ4v) is 4.57. The SMILES string of the molecule is C=CCn1c(COc2ccc(C)cc2OC)nnc1SCC(=O)N[C@@H]1CCCC[C@@H]1C. The van der Waals surface area contributed by atoms with E-state index in [0.717, 1.165) is 12.0 Å². The number of allylic oxidation sites excluding steroid dienone is 1. The van der Waals surface area contributed by atoms with Gasteiger partial charge in [-0.1, -0.05) is 43.7 Å². The molecule has 8 heteroatoms. The molecular weight excluding hydrogens is 412 g/mol. The zero-order valence-corrected chi connectivity index (χ0v) is 19.4. The highest BCUT2D eigenvalue weighted by atomic mass is 32.2. The van der Waals surface area contributed by atoms with E-state index >= 15 is 0 Å². The smallest absolute Gasteiger partial charge is 0.230 e. The van der Waals surface area contributed by atoms with Crippen molar-refractivity contribution in [2.75, 3.05) is 12.9 Å². The van der Waals surface area contributed by atoms with Gasteiger partial charge in [-0.05, 0) is 43.4 Å². The van der Waals surface area contributed by atoms with E-state index in [1.54, 1.807) is 13.2 Å². The standard InChI is InChI=1S/C23H32N4O3S/c1-5-12-27-21(14-30-19-11-10-16(2)13-20(19)29-4)25-26-23(27)31-15-22(28)24-18-9-7-6-8-17(18)3/h5,10-11,13,17-18H,1,6-9,12,14-15H2,2-4H3,(H,24,28)/t17-,18+/m0/s1. The van der Waals surface area contributed by atoms with Crippen LogP contribution in [-0.4, -0.2) is 39.6 Å². The van der Waals surface area contributed by atoms with Crippen molar-refractivity contribution in [2.45, 2.75) is 63.9 Å². The number of thioether (sulfide) groups is 1. The van der Waals surface area contributed by atoms with E-state index in [-0.39, 0.29) is 18.6 Å². The van der Waals surface area contributed by atoms with Crippen molar-refractivity contribution >= 4 is 17.7 Å². The third kappa shape index (κ3) is 6.26. The predicted octanol–water partition coefficient (Wildman–Crippen LogP) is 4.15. The maximum Gasteiger partial charge on any atom is 0.230 e. The van der Waals surface area contributed by atoms with Gasteiger partial charge in [0, 0.05) is 12.6 Å². The van der Waals surface area contributed by atoms with Crippen LogP contribution in [0.3, 0.4) is 0 Å². The Hall–Kier alpha value is -2.48. The van der Waals surface area contributed by atoms with Crippen LogP contribution < -0.4 is 14.8 Å². The number of amides is 1. The van der Waals surface area contributed by atoms with Gasteiger partial charge in [-0.25, -0.2) is 0 Å². The third-order valence-corrected chi connectivity index (χ3v) is 6.54. The molecule has 1 saturated carbocycles. The number of nitrogens with zero attached hydrogens (tertiary/aromatic N) is 3. The lowest BCUT2D eigenvalue weighted by atomic mass is 9.86. The Bertz CT molecular complexity index is 899. The first-order valence-corrected chi connectivity index (χ1v) is 11.7. The molecule has 2 atom stereocenters. The van der Waals surface area contributed by atoms with Crippen LogP contribution in [0.1, 0.15) is 44.0 Å². The summed E-state index contributed by atoms with van der Waals surface area (Å²) in [6.07, 6.45) is 6.47. The maximum atomic E-state index is 12.5. The van der Waals surface area contributed by atoms with E-state index in [9.17, 15) is 4.79 Å². The van der Waals surface area contributed by atoms with E-state index in [1.807, 2.05) is 29.7 Å². The average Bonchev–Trinajstić information content (AvgIpc) is 3.14. The highest BCUT2D eigenvalue weighted by molar-refractivity contribution is 7.99. The first kappa shape index (κ1) is 23.2. The van der Waals surface area contributed by atoms with E-state index in [2.05, 4.69) is 29.0 Å². The molecule has 1 fully saturated rings. The lowest BCUT2D eigenvalue weighted by Crippen LogP contribution is -2.41. The highest BCUT2D eigenvalue weighted by Crippen LogP contribution is 2.29. The maximum absolute atomic E-state index is 12.5. The molecule has 3 rings (SSSR count). The number of hydrogen-bond acceptors (Lipinski definition) is 6. The summed E-state index contributed by atoms with van der Waals surface area (Å²) in [5.41, 5.74) is 1.10. The van der Waals surface area contributed by atoms with Crippen molar-refractivity contribution in [1.82, 2.24) is 20.1 Å². The van der Waals surface area contributed by atoms with E-state index in [4.69, 9.17) is 9.47 Å². The second-order valence-corrected chi connectivity index (χ2v) is 8.91. The van der Waals surface area contributed by atoms with Crippen LogP contribution in [0.25, 0.3) is 0 Å². The Morgan fingerprint density at radius 2 is 2.13 bits per heavy atom. The van der Waals surface area contributed by atoms with Crippen LogP contribution in [0.4, 0.5) is 0 Å². The predicted molar refractivity (Wildman–Crippen MR) is 123 cm³/mol. The Morgan fingerprint density at radius 1 is 1.32 bits per heavy atom. The quantitative estimate of drug-likeness (QED) is 0.438. The number of methoxy groups -OCH3 is 1. The number of hydrogen-bond donors (Lipinski definition) is 1. The second-order valence-electron chi connectivity index (χ2n) is 7.97. The molecule has 2 aromatic rings. The minimum Gasteiger partial charge on any atom is -0.493 e. The molecule has 0 unspecified atom stereocenters. The van der Waals surface area contributed by atoms with Gasteiger partial charge in [-0.15, -0.1) is 16.8 Å². The number of benzene rings is 1. The fourth-order valence-electron chi connectivity index (χ4n) is 3.79. The number of carbonyl (C=O) groups excluding carboxylic acids is 1. The lowest BCUT2D eigenvalue weighted by Gasteiger charge is -2.29. The summed E-state index contributed by atoms with van der Waals surface area (Å²) in [5, 5.41) is 12.4. The minimum absolute atomic E-state index is 0.0408. The summed E-state index contributed by atoms with van der Waals surface area (Å²) in [7, 11) is 1.62. The largest absolute Gasteiger partial charge is 0.493 e. The van der Waals surface area contributed by atoms with Crippen LogP contribution in [0.2, 0.25) is 0 Å². The Labute approximate surface area is 188 Å². The van der Waals surface area contributed by atoms with Crippen LogP contribution >= 0.6 is 11.8 Å². The lowest BCUT2D eigenvalue weighted by molar-refractivity contribution is -0.119. The molecule has 1 aliphatic rings. The van der Waals surface area contributed by atoms with Crippen molar-refractivity contribution < 1.29 is 14.3 Å². The molecule has 1 amide bonds. The van der Waals surface area contributed by atoms with Gasteiger partial charge in [0.15, 0.2) is 22.5 Å². The molecule has 1 N–H and O–H groups in total. The molecule has 0 radical (unpaired) electrons. The third-order valence-electron chi connectivity index (χ3n) is 5.57. The Balaban J connectivity index is 1.60. The molecule has 1 aliphatic carbocycles. The first-order chi connectivity index (χ1) is 15.0. The first-order valence-electron chi connectivity index (χ1n) is 10.7. The molecular formula is C23H32N4O3S. The summed E-state index contributed by atoms with van der Waals surface area (Å²) in [6, 6.07) is 6.06. The monoisotopic (exact) mass is 444 g/mol. The number of ether oxygens (including phenoxy) is 2. The van der Waals surface area contributed by atoms with Crippen molar-refractivity contribution in [3.05, 3.63) is 42.2 Å². The number of carbonyl (C=O) groups is 1. The zero-order chi connectivity index (χ0) is 22.2. The van der Waals surface area contributed by atoms with Gasteiger partial charge in [-0.3, -0.25) is 9.36 Å². The zero-order valence-electron chi connectivity index (χ0n) is 18.6. The fraction of sp³-hybridized carbons (Fsp3) is 0.522. The summed E-state index contributed by atoms with van der Waals surface area (Å²) in [4.78, 5) is 12.5. The minimum atomic E-state index is 0.0408. The summed E-state index contributed by atoms with van der Waals surface area (Å²) in [5.74, 6) is 2.89. The van der Waals surface area contributed by atoms with E-state index in [0.29, 0.717) is 40.7 Å². The van der Waals surface area contributed by atoms with E-state index in [1.165, 1.54) is 31.0 Å². The summed E-state index contributed by atoms with van der Waals surface area (Å²) in [6.45, 7) is 8.83. The van der Waals surface area contributed by atoms with Gasteiger partial charge in [0.05, 0.1) is 12.9 Å². The van der Waals surface area contributed by atoms with Gasteiger partial charge in [0.25, 0.3) is 0 Å². The van der Waals surface area contributed by atoms with Crippen molar-refractivity contribution in [3.63, 3.8) is 0 Å². The number of aromatic nitrogens is 3. The molecule has 1 aromatic heterocycles. The van der Waals surface area contributed by atoms with Gasteiger partial charge in [0.2, 0.25) is 5.91 Å². The molecule has 168 valence electrons. The van der Waals surface area contributed by atoms with Gasteiger partial charge in [-0.2, -0.15) is 0 Å². The molecule has 1 heterocycles. The molecule has 0 bridgehead atoms. The van der Waals surface area contributed by atoms with Gasteiger partial charge < -0.3 is 14.8 Å². The highest BCUT2D eigenvalue weighted by Gasteiger charge is 2.23. The summed E-state index contributed by atoms with van der Waals surface area (Å²) >= 11 is 1.39. The van der Waals surface area contributed by atoms with Crippen LogP contribution in [0, 0.1) is 12.8 Å². The van der Waals surface area contributed by atoms with E-state index < -0.39 is 0 Å². The molecule has 0 aliphatic heterocycles. The molecule has 31 heavy (non-hydrogen) atoms. The van der Waals surface area contributed by atoms with Crippen LogP contribution in [0.5, 0.6) is 11.5 Å². The van der Waals surface area contributed by atoms with Crippen molar-refractivity contribution in [3.8, 4) is 11.5 Å². The van der Waals surface area contributed by atoms with Gasteiger partial charge in [0.1, 0.15) is 6.61 Å². The summed E-state index contributed by atoms with van der Waals surface area (Å²) < 4.78 is 13.3. The normalized spacial score (nSPS) is 18.4. The topological polar surface area (TPSA) is 78.3 Å². The Kier molecular flexibility index (Phi) is 8.40. The van der Waals surface area contributed by atoms with Crippen LogP contribution in [-0.2, 0) is 17.9 Å². The average molecular weight is 445 g/mol. The van der Waals surface area contributed by atoms with Crippen molar-refractivity contribution in [2.24, 2.45) is 5.92 Å². The van der Waals surface area contributed by atoms with Crippen molar-refractivity contribution in [1.29, 1.82) is 0 Å². The Morgan fingerprint density at radius 3 is 2.87 bits per heavy atom. The number of aryl methyl sites for hydroxylation is 1. The van der Waals surface area contributed by atoms with Crippen LogP contribution in [0.15, 0.2) is 36.0 Å². The second kappa shape index (κ2) is 11.2. The molecule has 0 saturated heterocycles.